The first-order chi connectivity index (χ1) is 12.0. The summed E-state index contributed by atoms with van der Waals surface area (Å²) in [6.45, 7) is 1.78. The van der Waals surface area contributed by atoms with Crippen LogP contribution in [0.25, 0.3) is 0 Å². The molecule has 8 heteroatoms. The Kier molecular flexibility index (Phi) is 4.80. The van der Waals surface area contributed by atoms with Crippen LogP contribution in [0.15, 0.2) is 53.6 Å². The maximum absolute atomic E-state index is 12.9. The number of nitrogens with zero attached hydrogens (tertiary/aromatic N) is 3. The third kappa shape index (κ3) is 4.04. The number of benzene rings is 2. The predicted octanol–water partition coefficient (Wildman–Crippen LogP) is 3.49. The number of carbonyl (C=O) groups is 1. The van der Waals surface area contributed by atoms with Crippen molar-refractivity contribution >= 4 is 24.4 Å². The molecule has 3 rings (SSSR count). The van der Waals surface area contributed by atoms with Crippen LogP contribution in [0.3, 0.4) is 0 Å². The van der Waals surface area contributed by atoms with Gasteiger partial charge in [-0.05, 0) is 73.2 Å². The molecular formula is C17H13FN4O2S. The SMILES string of the molecule is Cc1n[nH]c(=S)n1/N=C/c1ccc(OC(=O)c2ccc(F)cc2)cc1. The number of aromatic nitrogens is 3. The number of esters is 1. The topological polar surface area (TPSA) is 72.3 Å². The van der Waals surface area contributed by atoms with Crippen LogP contribution in [-0.2, 0) is 0 Å². The molecule has 0 spiro atoms. The maximum Gasteiger partial charge on any atom is 0.343 e. The molecule has 6 nitrogen and oxygen atoms in total. The van der Waals surface area contributed by atoms with Crippen molar-refractivity contribution < 1.29 is 13.9 Å². The van der Waals surface area contributed by atoms with Gasteiger partial charge in [0.1, 0.15) is 17.4 Å². The van der Waals surface area contributed by atoms with Crippen molar-refractivity contribution in [1.29, 1.82) is 0 Å². The first-order valence-corrected chi connectivity index (χ1v) is 7.70. The largest absolute Gasteiger partial charge is 0.423 e. The average molecular weight is 356 g/mol. The van der Waals surface area contributed by atoms with E-state index >= 15 is 0 Å². The van der Waals surface area contributed by atoms with Gasteiger partial charge in [0, 0.05) is 0 Å². The lowest BCUT2D eigenvalue weighted by molar-refractivity contribution is 0.0734. The minimum atomic E-state index is -0.554. The fourth-order valence-electron chi connectivity index (χ4n) is 2.00. The molecule has 3 aromatic rings. The molecule has 126 valence electrons. The number of halogens is 1. The highest BCUT2D eigenvalue weighted by molar-refractivity contribution is 7.71. The molecule has 0 aliphatic rings. The summed E-state index contributed by atoms with van der Waals surface area (Å²) in [5.41, 5.74) is 1.07. The fraction of sp³-hybridized carbons (Fsp3) is 0.0588. The minimum Gasteiger partial charge on any atom is -0.423 e. The van der Waals surface area contributed by atoms with E-state index in [0.717, 1.165) is 5.56 Å². The molecule has 0 unspecified atom stereocenters. The third-order valence-corrected chi connectivity index (χ3v) is 3.57. The highest BCUT2D eigenvalue weighted by atomic mass is 32.1. The molecule has 0 saturated heterocycles. The lowest BCUT2D eigenvalue weighted by Gasteiger charge is -2.04. The van der Waals surface area contributed by atoms with Crippen molar-refractivity contribution in [2.45, 2.75) is 6.92 Å². The number of rotatable bonds is 4. The highest BCUT2D eigenvalue weighted by Crippen LogP contribution is 2.14. The Labute approximate surface area is 147 Å². The summed E-state index contributed by atoms with van der Waals surface area (Å²) in [5, 5.41) is 10.8. The fourth-order valence-corrected chi connectivity index (χ4v) is 2.23. The van der Waals surface area contributed by atoms with E-state index in [4.69, 9.17) is 17.0 Å². The first-order valence-electron chi connectivity index (χ1n) is 7.29. The second-order valence-corrected chi connectivity index (χ2v) is 5.48. The number of aryl methyl sites for hydroxylation is 1. The molecule has 25 heavy (non-hydrogen) atoms. The highest BCUT2D eigenvalue weighted by Gasteiger charge is 2.08. The van der Waals surface area contributed by atoms with Gasteiger partial charge < -0.3 is 4.74 Å². The van der Waals surface area contributed by atoms with Crippen LogP contribution < -0.4 is 4.74 Å². The number of nitrogens with one attached hydrogen (secondary N) is 1. The van der Waals surface area contributed by atoms with Gasteiger partial charge in [-0.2, -0.15) is 14.9 Å². The molecule has 1 heterocycles. The smallest absolute Gasteiger partial charge is 0.343 e. The van der Waals surface area contributed by atoms with Crippen LogP contribution in [0.1, 0.15) is 21.7 Å². The molecular weight excluding hydrogens is 343 g/mol. The molecule has 0 radical (unpaired) electrons. The van der Waals surface area contributed by atoms with Gasteiger partial charge in [-0.15, -0.1) is 0 Å². The van der Waals surface area contributed by atoms with E-state index in [9.17, 15) is 9.18 Å². The quantitative estimate of drug-likeness (QED) is 0.336. The summed E-state index contributed by atoms with van der Waals surface area (Å²) in [6, 6.07) is 11.9. The second-order valence-electron chi connectivity index (χ2n) is 5.10. The molecule has 0 aliphatic heterocycles. The van der Waals surface area contributed by atoms with Crippen LogP contribution in [-0.4, -0.2) is 27.1 Å². The molecule has 0 saturated carbocycles. The Morgan fingerprint density at radius 2 is 1.92 bits per heavy atom. The zero-order valence-corrected chi connectivity index (χ0v) is 14.0. The molecule has 0 amide bonds. The van der Waals surface area contributed by atoms with E-state index in [1.54, 1.807) is 37.4 Å². The Bertz CT molecular complexity index is 975. The van der Waals surface area contributed by atoms with Crippen LogP contribution in [0.2, 0.25) is 0 Å². The summed E-state index contributed by atoms with van der Waals surface area (Å²) in [6.07, 6.45) is 1.61. The lowest BCUT2D eigenvalue weighted by atomic mass is 10.2. The Hall–Kier alpha value is -3.13. The molecule has 0 atom stereocenters. The summed E-state index contributed by atoms with van der Waals surface area (Å²) in [4.78, 5) is 12.0. The zero-order chi connectivity index (χ0) is 17.8. The van der Waals surface area contributed by atoms with Crippen molar-refractivity contribution in [3.63, 3.8) is 0 Å². The van der Waals surface area contributed by atoms with E-state index < -0.39 is 11.8 Å². The van der Waals surface area contributed by atoms with E-state index in [2.05, 4.69) is 15.3 Å². The van der Waals surface area contributed by atoms with E-state index in [1.165, 1.54) is 28.9 Å². The Balaban J connectivity index is 1.69. The monoisotopic (exact) mass is 356 g/mol. The summed E-state index contributed by atoms with van der Waals surface area (Å²) >= 11 is 5.06. The maximum atomic E-state index is 12.9. The minimum absolute atomic E-state index is 0.275. The van der Waals surface area contributed by atoms with E-state index in [-0.39, 0.29) is 5.56 Å². The van der Waals surface area contributed by atoms with Gasteiger partial charge in [0.25, 0.3) is 0 Å². The summed E-state index contributed by atoms with van der Waals surface area (Å²) in [5.74, 6) is 0.0589. The lowest BCUT2D eigenvalue weighted by Crippen LogP contribution is -2.08. The van der Waals surface area contributed by atoms with Gasteiger partial charge in [0.15, 0.2) is 0 Å². The van der Waals surface area contributed by atoms with Crippen molar-refractivity contribution in [1.82, 2.24) is 14.9 Å². The Morgan fingerprint density at radius 3 is 2.52 bits per heavy atom. The second kappa shape index (κ2) is 7.18. The van der Waals surface area contributed by atoms with Gasteiger partial charge in [0.05, 0.1) is 11.8 Å². The van der Waals surface area contributed by atoms with Gasteiger partial charge in [0.2, 0.25) is 4.77 Å². The van der Waals surface area contributed by atoms with Crippen LogP contribution >= 0.6 is 12.2 Å². The molecule has 2 aromatic carbocycles. The van der Waals surface area contributed by atoms with Gasteiger partial charge >= 0.3 is 5.97 Å². The number of ether oxygens (including phenoxy) is 1. The number of hydrogen-bond donors (Lipinski definition) is 1. The van der Waals surface area contributed by atoms with Crippen molar-refractivity contribution in [2.75, 3.05) is 0 Å². The molecule has 0 aliphatic carbocycles. The van der Waals surface area contributed by atoms with Crippen LogP contribution in [0.4, 0.5) is 4.39 Å². The van der Waals surface area contributed by atoms with Gasteiger partial charge in [-0.3, -0.25) is 5.10 Å². The molecule has 1 aromatic heterocycles. The van der Waals surface area contributed by atoms with Crippen molar-refractivity contribution in [3.8, 4) is 5.75 Å². The zero-order valence-electron chi connectivity index (χ0n) is 13.1. The van der Waals surface area contributed by atoms with Gasteiger partial charge in [-0.1, -0.05) is 0 Å². The summed E-state index contributed by atoms with van der Waals surface area (Å²) < 4.78 is 20.0. The van der Waals surface area contributed by atoms with Crippen molar-refractivity contribution in [2.24, 2.45) is 5.10 Å². The molecule has 1 N–H and O–H groups in total. The molecule has 0 bridgehead atoms. The number of hydrogen-bond acceptors (Lipinski definition) is 5. The average Bonchev–Trinajstić information content (AvgIpc) is 2.93. The standard InChI is InChI=1S/C17H13FN4O2S/c1-11-20-21-17(25)22(11)19-10-12-2-8-15(9-3-12)24-16(23)13-4-6-14(18)7-5-13/h2-10H,1H3,(H,21,25)/b19-10+. The number of H-pyrrole nitrogens is 1. The Morgan fingerprint density at radius 1 is 1.24 bits per heavy atom. The molecule has 0 fully saturated rings. The van der Waals surface area contributed by atoms with E-state index in [0.29, 0.717) is 16.3 Å². The normalized spacial score (nSPS) is 11.0. The number of carbonyl (C=O) groups excluding carboxylic acids is 1. The third-order valence-electron chi connectivity index (χ3n) is 3.31. The van der Waals surface area contributed by atoms with E-state index in [1.807, 2.05) is 0 Å². The van der Waals surface area contributed by atoms with Crippen LogP contribution in [0.5, 0.6) is 5.75 Å². The van der Waals surface area contributed by atoms with Crippen LogP contribution in [0, 0.1) is 17.5 Å². The number of aromatic amines is 1. The summed E-state index contributed by atoms with van der Waals surface area (Å²) in [7, 11) is 0. The van der Waals surface area contributed by atoms with Gasteiger partial charge in [-0.25, -0.2) is 9.18 Å². The predicted molar refractivity (Wildman–Crippen MR) is 92.9 cm³/mol. The van der Waals surface area contributed by atoms with Crippen molar-refractivity contribution in [3.05, 3.63) is 76.1 Å². The first kappa shape index (κ1) is 16.7.